The molecule has 1 heteroatoms. The van der Waals surface area contributed by atoms with Gasteiger partial charge < -0.3 is 5.32 Å². The number of nitrogens with one attached hydrogen (secondary N) is 1. The zero-order valence-corrected chi connectivity index (χ0v) is 9.33. The van der Waals surface area contributed by atoms with Crippen molar-refractivity contribution in [3.8, 4) is 0 Å². The Labute approximate surface area is 82.2 Å². The average molecular weight is 179 g/mol. The maximum absolute atomic E-state index is 3.83. The third-order valence-corrected chi connectivity index (χ3v) is 1.52. The molecule has 0 aliphatic carbocycles. The summed E-state index contributed by atoms with van der Waals surface area (Å²) in [6.07, 6.45) is 0.976. The fraction of sp³-hybridized carbons (Fsp3) is 0.583. The predicted molar refractivity (Wildman–Crippen MR) is 59.5 cm³/mol. The third-order valence-electron chi connectivity index (χ3n) is 1.52. The van der Waals surface area contributed by atoms with Crippen LogP contribution in [0.2, 0.25) is 0 Å². The largest absolute Gasteiger partial charge is 0.378 e. The van der Waals surface area contributed by atoms with Crippen LogP contribution in [0.1, 0.15) is 34.1 Å². The number of allylic oxidation sites excluding steroid dienone is 1. The van der Waals surface area contributed by atoms with Gasteiger partial charge in [-0.1, -0.05) is 39.5 Å². The Morgan fingerprint density at radius 2 is 1.92 bits per heavy atom. The Hall–Kier alpha value is -0.940. The van der Waals surface area contributed by atoms with Crippen molar-refractivity contribution in [1.29, 1.82) is 0 Å². The summed E-state index contributed by atoms with van der Waals surface area (Å²) in [5.41, 5.74) is 5.41. The van der Waals surface area contributed by atoms with E-state index in [-0.39, 0.29) is 5.41 Å². The summed E-state index contributed by atoms with van der Waals surface area (Å²) in [7, 11) is 0. The highest BCUT2D eigenvalue weighted by Gasteiger charge is 2.12. The van der Waals surface area contributed by atoms with Gasteiger partial charge in [0.05, 0.1) is 5.70 Å². The van der Waals surface area contributed by atoms with Crippen molar-refractivity contribution in [3.63, 3.8) is 0 Å². The van der Waals surface area contributed by atoms with Crippen molar-refractivity contribution in [2.24, 2.45) is 5.41 Å². The summed E-state index contributed by atoms with van der Waals surface area (Å²) in [6.45, 7) is 16.9. The summed E-state index contributed by atoms with van der Waals surface area (Å²) in [6, 6.07) is 0. The van der Waals surface area contributed by atoms with Crippen LogP contribution in [0, 0.1) is 5.41 Å². The van der Waals surface area contributed by atoms with Crippen LogP contribution in [-0.4, -0.2) is 6.54 Å². The van der Waals surface area contributed by atoms with E-state index in [9.17, 15) is 0 Å². The van der Waals surface area contributed by atoms with E-state index in [2.05, 4.69) is 45.0 Å². The molecule has 0 amide bonds. The second-order valence-corrected chi connectivity index (χ2v) is 4.70. The van der Waals surface area contributed by atoms with Crippen molar-refractivity contribution in [2.45, 2.75) is 34.1 Å². The Balaban J connectivity index is 4.08. The molecule has 0 aromatic carbocycles. The van der Waals surface area contributed by atoms with Crippen LogP contribution < -0.4 is 5.32 Å². The Bertz CT molecular complexity index is 224. The van der Waals surface area contributed by atoms with Crippen LogP contribution in [0.4, 0.5) is 0 Å². The SMILES string of the molecule is C=C=C(CC(C)(C)C)NCC(=C)C. The van der Waals surface area contributed by atoms with E-state index in [4.69, 9.17) is 0 Å². The van der Waals surface area contributed by atoms with Gasteiger partial charge in [0.15, 0.2) is 0 Å². The van der Waals surface area contributed by atoms with Crippen molar-refractivity contribution in [3.05, 3.63) is 30.2 Å². The molecule has 74 valence electrons. The molecule has 0 saturated carbocycles. The second-order valence-electron chi connectivity index (χ2n) is 4.70. The molecule has 13 heavy (non-hydrogen) atoms. The maximum atomic E-state index is 3.83. The number of rotatable bonds is 4. The van der Waals surface area contributed by atoms with E-state index in [1.54, 1.807) is 0 Å². The summed E-state index contributed by atoms with van der Waals surface area (Å²) >= 11 is 0. The third kappa shape index (κ3) is 7.42. The van der Waals surface area contributed by atoms with Crippen LogP contribution in [-0.2, 0) is 0 Å². The molecule has 0 aromatic rings. The first-order valence-electron chi connectivity index (χ1n) is 4.62. The fourth-order valence-electron chi connectivity index (χ4n) is 0.975. The summed E-state index contributed by atoms with van der Waals surface area (Å²) < 4.78 is 0. The van der Waals surface area contributed by atoms with E-state index in [1.807, 2.05) is 6.92 Å². The molecule has 1 nitrogen and oxygen atoms in total. The van der Waals surface area contributed by atoms with Crippen LogP contribution in [0.5, 0.6) is 0 Å². The fourth-order valence-corrected chi connectivity index (χ4v) is 0.975. The highest BCUT2D eigenvalue weighted by atomic mass is 14.9. The topological polar surface area (TPSA) is 12.0 Å². The second kappa shape index (κ2) is 4.94. The molecule has 1 N–H and O–H groups in total. The van der Waals surface area contributed by atoms with Crippen LogP contribution in [0.25, 0.3) is 0 Å². The Morgan fingerprint density at radius 1 is 1.38 bits per heavy atom. The van der Waals surface area contributed by atoms with Crippen molar-refractivity contribution in [2.75, 3.05) is 6.54 Å². The predicted octanol–water partition coefficient (Wildman–Crippen LogP) is 3.26. The summed E-state index contributed by atoms with van der Waals surface area (Å²) in [4.78, 5) is 0. The minimum Gasteiger partial charge on any atom is -0.378 e. The molecule has 0 heterocycles. The smallest absolute Gasteiger partial charge is 0.0539 e. The van der Waals surface area contributed by atoms with Gasteiger partial charge in [-0.05, 0) is 18.8 Å². The van der Waals surface area contributed by atoms with E-state index in [0.29, 0.717) is 0 Å². The molecular weight excluding hydrogens is 158 g/mol. The number of hydrogen-bond acceptors (Lipinski definition) is 1. The van der Waals surface area contributed by atoms with Crippen LogP contribution >= 0.6 is 0 Å². The van der Waals surface area contributed by atoms with E-state index < -0.39 is 0 Å². The van der Waals surface area contributed by atoms with Gasteiger partial charge in [0, 0.05) is 6.54 Å². The quantitative estimate of drug-likeness (QED) is 0.516. The molecule has 0 unspecified atom stereocenters. The van der Waals surface area contributed by atoms with Gasteiger partial charge in [0.1, 0.15) is 0 Å². The lowest BCUT2D eigenvalue weighted by molar-refractivity contribution is 0.400. The van der Waals surface area contributed by atoms with Crippen molar-refractivity contribution >= 4 is 0 Å². The zero-order chi connectivity index (χ0) is 10.5. The lowest BCUT2D eigenvalue weighted by Crippen LogP contribution is -2.19. The van der Waals surface area contributed by atoms with E-state index in [1.165, 1.54) is 0 Å². The van der Waals surface area contributed by atoms with E-state index in [0.717, 1.165) is 24.2 Å². The average Bonchev–Trinajstić information content (AvgIpc) is 1.95. The van der Waals surface area contributed by atoms with Gasteiger partial charge in [-0.2, -0.15) is 0 Å². The molecule has 0 spiro atoms. The van der Waals surface area contributed by atoms with Crippen molar-refractivity contribution in [1.82, 2.24) is 5.32 Å². The van der Waals surface area contributed by atoms with Gasteiger partial charge >= 0.3 is 0 Å². The van der Waals surface area contributed by atoms with Gasteiger partial charge in [-0.25, -0.2) is 0 Å². The minimum atomic E-state index is 0.280. The molecule has 0 bridgehead atoms. The molecular formula is C12H21N. The molecule has 0 aromatic heterocycles. The van der Waals surface area contributed by atoms with Crippen LogP contribution in [0.15, 0.2) is 30.2 Å². The summed E-state index contributed by atoms with van der Waals surface area (Å²) in [5, 5.41) is 3.27. The zero-order valence-electron chi connectivity index (χ0n) is 9.33. The lowest BCUT2D eigenvalue weighted by atomic mass is 9.90. The molecule has 0 atom stereocenters. The van der Waals surface area contributed by atoms with Gasteiger partial charge in [-0.3, -0.25) is 0 Å². The maximum Gasteiger partial charge on any atom is 0.0539 e. The lowest BCUT2D eigenvalue weighted by Gasteiger charge is -2.20. The van der Waals surface area contributed by atoms with Crippen molar-refractivity contribution < 1.29 is 0 Å². The van der Waals surface area contributed by atoms with Gasteiger partial charge in [-0.15, -0.1) is 5.73 Å². The Morgan fingerprint density at radius 3 is 2.23 bits per heavy atom. The molecule has 0 aliphatic rings. The molecule has 0 fully saturated rings. The Kier molecular flexibility index (Phi) is 4.58. The van der Waals surface area contributed by atoms with Gasteiger partial charge in [0.2, 0.25) is 0 Å². The minimum absolute atomic E-state index is 0.280. The van der Waals surface area contributed by atoms with Gasteiger partial charge in [0.25, 0.3) is 0 Å². The van der Waals surface area contributed by atoms with Crippen LogP contribution in [0.3, 0.4) is 0 Å². The number of hydrogen-bond donors (Lipinski definition) is 1. The normalized spacial score (nSPS) is 10.5. The highest BCUT2D eigenvalue weighted by Crippen LogP contribution is 2.21. The monoisotopic (exact) mass is 179 g/mol. The molecule has 0 aliphatic heterocycles. The molecule has 0 saturated heterocycles. The van der Waals surface area contributed by atoms with E-state index >= 15 is 0 Å². The molecule has 0 radical (unpaired) electrons. The molecule has 0 rings (SSSR count). The first-order chi connectivity index (χ1) is 5.85. The standard InChI is InChI=1S/C12H21N/c1-7-11(8-12(4,5)6)13-9-10(2)3/h13H,1-2,8-9H2,3-6H3. The first kappa shape index (κ1) is 12.1. The highest BCUT2D eigenvalue weighted by molar-refractivity contribution is 5.03. The first-order valence-corrected chi connectivity index (χ1v) is 4.62. The summed E-state index contributed by atoms with van der Waals surface area (Å²) in [5.74, 6) is 0.